The molecule has 15 heavy (non-hydrogen) atoms. The molecule has 78 valence electrons. The molecule has 2 nitrogen and oxygen atoms in total. The van der Waals surface area contributed by atoms with Crippen LogP contribution in [-0.2, 0) is 0 Å². The molecule has 0 radical (unpaired) electrons. The maximum atomic E-state index is 12.9. The Morgan fingerprint density at radius 3 is 3.00 bits per heavy atom. The first-order chi connectivity index (χ1) is 7.27. The van der Waals surface area contributed by atoms with E-state index in [0.717, 1.165) is 0 Å². The summed E-state index contributed by atoms with van der Waals surface area (Å²) in [5.74, 6) is 0.322. The van der Waals surface area contributed by atoms with E-state index in [9.17, 15) is 4.39 Å². The Labute approximate surface area is 88.6 Å². The smallest absolute Gasteiger partial charge is 0.126 e. The van der Waals surface area contributed by atoms with Gasteiger partial charge in [-0.3, -0.25) is 0 Å². The molecule has 0 aliphatic carbocycles. The van der Waals surface area contributed by atoms with Gasteiger partial charge in [0.05, 0.1) is 19.1 Å². The number of benzene rings is 1. The first-order valence-electron chi connectivity index (χ1n) is 4.73. The van der Waals surface area contributed by atoms with Crippen molar-refractivity contribution in [2.45, 2.75) is 13.3 Å². The van der Waals surface area contributed by atoms with Gasteiger partial charge in [0.15, 0.2) is 0 Å². The number of nitriles is 1. The number of hydrogen-bond donors (Lipinski definition) is 0. The highest BCUT2D eigenvalue weighted by Crippen LogP contribution is 2.21. The molecule has 3 heteroatoms. The number of allylic oxidation sites excluding steroid dienone is 1. The topological polar surface area (TPSA) is 33.0 Å². The summed E-state index contributed by atoms with van der Waals surface area (Å²) in [7, 11) is 0. The molecule has 0 fully saturated rings. The molecule has 0 spiro atoms. The fourth-order valence-corrected chi connectivity index (χ4v) is 1.18. The maximum absolute atomic E-state index is 12.9. The predicted molar refractivity (Wildman–Crippen MR) is 56.8 cm³/mol. The monoisotopic (exact) mass is 205 g/mol. The predicted octanol–water partition coefficient (Wildman–Crippen LogP) is 3.15. The van der Waals surface area contributed by atoms with Crippen molar-refractivity contribution in [3.05, 3.63) is 35.7 Å². The van der Waals surface area contributed by atoms with Gasteiger partial charge in [-0.2, -0.15) is 5.26 Å². The standard InChI is InChI=1S/C12H12FNO/c1-2-15-12-7-6-11(13)9-10(12)5-3-4-8-14/h3,5-7,9H,2,4H2,1H3. The van der Waals surface area contributed by atoms with Crippen LogP contribution < -0.4 is 4.74 Å². The van der Waals surface area contributed by atoms with E-state index in [0.29, 0.717) is 24.3 Å². The minimum absolute atomic E-state index is 0.308. The molecule has 0 saturated carbocycles. The van der Waals surface area contributed by atoms with Gasteiger partial charge < -0.3 is 4.74 Å². The van der Waals surface area contributed by atoms with Crippen LogP contribution in [0.5, 0.6) is 5.75 Å². The Morgan fingerprint density at radius 1 is 1.53 bits per heavy atom. The first-order valence-corrected chi connectivity index (χ1v) is 4.73. The highest BCUT2D eigenvalue weighted by Gasteiger charge is 2.01. The van der Waals surface area contributed by atoms with Crippen molar-refractivity contribution in [1.82, 2.24) is 0 Å². The van der Waals surface area contributed by atoms with Crippen LogP contribution in [0.15, 0.2) is 24.3 Å². The lowest BCUT2D eigenvalue weighted by atomic mass is 10.1. The molecule has 0 saturated heterocycles. The molecule has 0 N–H and O–H groups in total. The lowest BCUT2D eigenvalue weighted by Gasteiger charge is -2.06. The Hall–Kier alpha value is -1.82. The van der Waals surface area contributed by atoms with Crippen LogP contribution in [0.25, 0.3) is 6.08 Å². The van der Waals surface area contributed by atoms with Crippen molar-refractivity contribution in [3.63, 3.8) is 0 Å². The number of nitrogens with zero attached hydrogens (tertiary/aromatic N) is 1. The van der Waals surface area contributed by atoms with Crippen LogP contribution in [0.4, 0.5) is 4.39 Å². The second-order valence-electron chi connectivity index (χ2n) is 2.88. The van der Waals surface area contributed by atoms with E-state index in [1.54, 1.807) is 18.2 Å². The van der Waals surface area contributed by atoms with E-state index in [1.165, 1.54) is 12.1 Å². The van der Waals surface area contributed by atoms with Gasteiger partial charge in [0.2, 0.25) is 0 Å². The van der Waals surface area contributed by atoms with Gasteiger partial charge in [-0.25, -0.2) is 4.39 Å². The number of halogens is 1. The fourth-order valence-electron chi connectivity index (χ4n) is 1.18. The summed E-state index contributed by atoms with van der Waals surface area (Å²) < 4.78 is 18.3. The lowest BCUT2D eigenvalue weighted by molar-refractivity contribution is 0.339. The van der Waals surface area contributed by atoms with Crippen LogP contribution in [0, 0.1) is 17.1 Å². The summed E-state index contributed by atoms with van der Waals surface area (Å²) in [6.45, 7) is 2.40. The molecule has 0 atom stereocenters. The molecule has 1 aromatic carbocycles. The maximum Gasteiger partial charge on any atom is 0.126 e. The Balaban J connectivity index is 2.92. The summed E-state index contributed by atoms with van der Waals surface area (Å²) >= 11 is 0. The van der Waals surface area contributed by atoms with Crippen molar-refractivity contribution in [2.75, 3.05) is 6.61 Å². The third kappa shape index (κ3) is 3.43. The summed E-state index contributed by atoms with van der Waals surface area (Å²) in [6, 6.07) is 6.31. The van der Waals surface area contributed by atoms with E-state index in [-0.39, 0.29) is 5.82 Å². The van der Waals surface area contributed by atoms with Gasteiger partial charge in [-0.15, -0.1) is 0 Å². The summed E-state index contributed by atoms with van der Waals surface area (Å²) in [6.07, 6.45) is 3.68. The first kappa shape index (κ1) is 11.3. The number of ether oxygens (including phenoxy) is 1. The van der Waals surface area contributed by atoms with Gasteiger partial charge in [0.25, 0.3) is 0 Å². The Bertz CT molecular complexity index is 393. The second kappa shape index (κ2) is 5.82. The Morgan fingerprint density at radius 2 is 2.33 bits per heavy atom. The molecular weight excluding hydrogens is 193 g/mol. The highest BCUT2D eigenvalue weighted by atomic mass is 19.1. The van der Waals surface area contributed by atoms with Crippen LogP contribution in [0.2, 0.25) is 0 Å². The molecule has 0 aliphatic rings. The van der Waals surface area contributed by atoms with E-state index in [2.05, 4.69) is 0 Å². The largest absolute Gasteiger partial charge is 0.493 e. The molecule has 0 bridgehead atoms. The van der Waals surface area contributed by atoms with Crippen molar-refractivity contribution in [3.8, 4) is 11.8 Å². The van der Waals surface area contributed by atoms with Crippen LogP contribution in [0.3, 0.4) is 0 Å². The zero-order chi connectivity index (χ0) is 11.1. The molecule has 0 amide bonds. The highest BCUT2D eigenvalue weighted by molar-refractivity contribution is 5.57. The summed E-state index contributed by atoms with van der Waals surface area (Å²) in [4.78, 5) is 0. The SMILES string of the molecule is CCOc1ccc(F)cc1C=CCC#N. The van der Waals surface area contributed by atoms with Crippen molar-refractivity contribution >= 4 is 6.08 Å². The fraction of sp³-hybridized carbons (Fsp3) is 0.250. The molecule has 0 aromatic heterocycles. The molecule has 0 heterocycles. The minimum atomic E-state index is -0.310. The zero-order valence-corrected chi connectivity index (χ0v) is 8.53. The van der Waals surface area contributed by atoms with Gasteiger partial charge in [0.1, 0.15) is 11.6 Å². The molecule has 0 unspecified atom stereocenters. The van der Waals surface area contributed by atoms with Crippen LogP contribution in [-0.4, -0.2) is 6.61 Å². The number of rotatable bonds is 4. The van der Waals surface area contributed by atoms with Gasteiger partial charge in [0, 0.05) is 5.56 Å². The van der Waals surface area contributed by atoms with Gasteiger partial charge in [-0.1, -0.05) is 12.2 Å². The van der Waals surface area contributed by atoms with E-state index < -0.39 is 0 Å². The molecular formula is C12H12FNO. The quantitative estimate of drug-likeness (QED) is 0.756. The average molecular weight is 205 g/mol. The van der Waals surface area contributed by atoms with Crippen LogP contribution >= 0.6 is 0 Å². The van der Waals surface area contributed by atoms with Crippen molar-refractivity contribution < 1.29 is 9.13 Å². The third-order valence-electron chi connectivity index (χ3n) is 1.78. The second-order valence-corrected chi connectivity index (χ2v) is 2.88. The molecule has 0 aliphatic heterocycles. The average Bonchev–Trinajstić information content (AvgIpc) is 2.22. The van der Waals surface area contributed by atoms with E-state index in [1.807, 2.05) is 13.0 Å². The molecule has 1 rings (SSSR count). The van der Waals surface area contributed by atoms with Gasteiger partial charge >= 0.3 is 0 Å². The zero-order valence-electron chi connectivity index (χ0n) is 8.53. The van der Waals surface area contributed by atoms with Crippen molar-refractivity contribution in [1.29, 1.82) is 5.26 Å². The molecule has 1 aromatic rings. The summed E-state index contributed by atoms with van der Waals surface area (Å²) in [5.41, 5.74) is 0.659. The number of hydrogen-bond acceptors (Lipinski definition) is 2. The minimum Gasteiger partial charge on any atom is -0.493 e. The van der Waals surface area contributed by atoms with Crippen molar-refractivity contribution in [2.24, 2.45) is 0 Å². The Kier molecular flexibility index (Phi) is 4.36. The van der Waals surface area contributed by atoms with Crippen LogP contribution in [0.1, 0.15) is 18.9 Å². The van der Waals surface area contributed by atoms with Gasteiger partial charge in [-0.05, 0) is 25.1 Å². The van der Waals surface area contributed by atoms with E-state index >= 15 is 0 Å². The normalized spacial score (nSPS) is 10.2. The third-order valence-corrected chi connectivity index (χ3v) is 1.78. The lowest BCUT2D eigenvalue weighted by Crippen LogP contribution is -1.94. The summed E-state index contributed by atoms with van der Waals surface area (Å²) in [5, 5.41) is 8.36. The van der Waals surface area contributed by atoms with E-state index in [4.69, 9.17) is 10.00 Å².